The van der Waals surface area contributed by atoms with Crippen LogP contribution in [-0.2, 0) is 14.3 Å². The fourth-order valence-corrected chi connectivity index (χ4v) is 4.13. The molecule has 6 nitrogen and oxygen atoms in total. The van der Waals surface area contributed by atoms with E-state index in [1.165, 1.54) is 12.1 Å². The maximum atomic E-state index is 13.5. The van der Waals surface area contributed by atoms with Gasteiger partial charge in [-0.3, -0.25) is 5.32 Å². The second-order valence-corrected chi connectivity index (χ2v) is 8.45. The van der Waals surface area contributed by atoms with Crippen LogP contribution in [0.25, 0.3) is 11.1 Å². The predicted molar refractivity (Wildman–Crippen MR) is 117 cm³/mol. The highest BCUT2D eigenvalue weighted by Gasteiger charge is 2.37. The van der Waals surface area contributed by atoms with Gasteiger partial charge in [0, 0.05) is 17.9 Å². The third kappa shape index (κ3) is 6.18. The number of quaternary nitrogens is 1. The van der Waals surface area contributed by atoms with Gasteiger partial charge in [-0.2, -0.15) is 0 Å². The van der Waals surface area contributed by atoms with Crippen molar-refractivity contribution in [2.24, 2.45) is 5.92 Å². The van der Waals surface area contributed by atoms with Crippen LogP contribution in [0.15, 0.2) is 42.5 Å². The number of carbonyl (C=O) groups excluding carboxylic acids is 2. The zero-order chi connectivity index (χ0) is 22.4. The van der Waals surface area contributed by atoms with E-state index in [0.717, 1.165) is 19.5 Å². The maximum Gasteiger partial charge on any atom is 0.411 e. The number of ether oxygens (including phenoxy) is 2. The molecule has 0 aromatic heterocycles. The number of likely N-dealkylation sites (N-methyl/N-ethyl adjacent to an activating group) is 1. The lowest BCUT2D eigenvalue weighted by Crippen LogP contribution is -2.46. The molecule has 0 radical (unpaired) electrons. The van der Waals surface area contributed by atoms with Gasteiger partial charge < -0.3 is 14.0 Å². The third-order valence-corrected chi connectivity index (χ3v) is 5.73. The Bertz CT molecular complexity index is 955. The minimum atomic E-state index is -0.563. The number of carbonyl (C=O) groups is 2. The van der Waals surface area contributed by atoms with Crippen LogP contribution in [0.5, 0.6) is 0 Å². The lowest BCUT2D eigenvalue weighted by Gasteiger charge is -2.28. The summed E-state index contributed by atoms with van der Waals surface area (Å²) in [5, 5.41) is 2.77. The molecule has 0 bridgehead atoms. The molecule has 1 fully saturated rings. The number of amides is 1. The van der Waals surface area contributed by atoms with E-state index in [1.54, 1.807) is 25.1 Å². The molecule has 1 saturated heterocycles. The number of nitrogens with zero attached hydrogens (tertiary/aromatic N) is 1. The second-order valence-electron chi connectivity index (χ2n) is 8.04. The van der Waals surface area contributed by atoms with Crippen LogP contribution in [0.3, 0.4) is 0 Å². The largest absolute Gasteiger partial charge is 0.462 e. The Hall–Kier alpha value is -2.64. The number of halogens is 2. The van der Waals surface area contributed by atoms with E-state index in [2.05, 4.69) is 5.32 Å². The third-order valence-electron chi connectivity index (χ3n) is 5.44. The molecule has 1 unspecified atom stereocenters. The predicted octanol–water partition coefficient (Wildman–Crippen LogP) is 4.72. The van der Waals surface area contributed by atoms with Crippen molar-refractivity contribution in [3.05, 3.63) is 53.3 Å². The van der Waals surface area contributed by atoms with Crippen LogP contribution in [-0.4, -0.2) is 56.4 Å². The van der Waals surface area contributed by atoms with E-state index < -0.39 is 11.9 Å². The summed E-state index contributed by atoms with van der Waals surface area (Å²) in [6.45, 7) is 4.34. The first kappa shape index (κ1) is 23.0. The number of hydrogen-bond acceptors (Lipinski definition) is 4. The monoisotopic (exact) mass is 449 g/mol. The Morgan fingerprint density at radius 2 is 2.00 bits per heavy atom. The zero-order valence-corrected chi connectivity index (χ0v) is 18.5. The van der Waals surface area contributed by atoms with Crippen molar-refractivity contribution in [2.45, 2.75) is 13.3 Å². The summed E-state index contributed by atoms with van der Waals surface area (Å²) in [6.07, 6.45) is 0.306. The first-order valence-electron chi connectivity index (χ1n) is 10.3. The number of para-hydroxylation sites is 1. The summed E-state index contributed by atoms with van der Waals surface area (Å²) in [5.74, 6) is -0.529. The number of nitrogens with one attached hydrogen (secondary N) is 1. The quantitative estimate of drug-likeness (QED) is 0.490. The average molecular weight is 450 g/mol. The first-order valence-corrected chi connectivity index (χ1v) is 10.6. The molecule has 8 heteroatoms. The fraction of sp³-hybridized carbons (Fsp3) is 0.391. The zero-order valence-electron chi connectivity index (χ0n) is 17.7. The van der Waals surface area contributed by atoms with Crippen LogP contribution in [0.1, 0.15) is 13.3 Å². The summed E-state index contributed by atoms with van der Waals surface area (Å²) < 4.78 is 24.6. The van der Waals surface area contributed by atoms with Gasteiger partial charge in [-0.05, 0) is 30.7 Å². The molecular weight excluding hydrogens is 423 g/mol. The molecule has 2 aromatic rings. The Balaban J connectivity index is 1.56. The number of esters is 1. The van der Waals surface area contributed by atoms with Crippen LogP contribution in [0.4, 0.5) is 14.9 Å². The molecule has 1 aliphatic rings. The molecule has 31 heavy (non-hydrogen) atoms. The number of hydrogen-bond donors (Lipinski definition) is 1. The van der Waals surface area contributed by atoms with Crippen molar-refractivity contribution in [2.75, 3.05) is 45.2 Å². The first-order chi connectivity index (χ1) is 14.8. The minimum Gasteiger partial charge on any atom is -0.462 e. The van der Waals surface area contributed by atoms with Gasteiger partial charge in [0.15, 0.2) is 6.54 Å². The van der Waals surface area contributed by atoms with E-state index in [4.69, 9.17) is 21.1 Å². The number of anilines is 1. The summed E-state index contributed by atoms with van der Waals surface area (Å²) in [7, 11) is 2.01. The number of benzene rings is 2. The molecule has 1 amide bonds. The molecule has 166 valence electrons. The molecule has 3 rings (SSSR count). The van der Waals surface area contributed by atoms with Gasteiger partial charge in [0.25, 0.3) is 0 Å². The van der Waals surface area contributed by atoms with Gasteiger partial charge in [-0.25, -0.2) is 14.0 Å². The van der Waals surface area contributed by atoms with E-state index in [9.17, 15) is 14.0 Å². The van der Waals surface area contributed by atoms with E-state index in [1.807, 2.05) is 19.2 Å². The van der Waals surface area contributed by atoms with Crippen molar-refractivity contribution in [3.63, 3.8) is 0 Å². The van der Waals surface area contributed by atoms with E-state index in [-0.39, 0.29) is 23.5 Å². The molecular formula is C23H27ClFN2O4+. The summed E-state index contributed by atoms with van der Waals surface area (Å²) in [6, 6.07) is 11.6. The smallest absolute Gasteiger partial charge is 0.411 e. The van der Waals surface area contributed by atoms with Gasteiger partial charge in [-0.15, -0.1) is 0 Å². The molecule has 0 spiro atoms. The van der Waals surface area contributed by atoms with Crippen LogP contribution >= 0.6 is 11.6 Å². The highest BCUT2D eigenvalue weighted by Crippen LogP contribution is 2.31. The van der Waals surface area contributed by atoms with E-state index in [0.29, 0.717) is 34.4 Å². The Kier molecular flexibility index (Phi) is 7.51. The maximum absolute atomic E-state index is 13.5. The molecule has 1 N–H and O–H groups in total. The topological polar surface area (TPSA) is 64.6 Å². The van der Waals surface area contributed by atoms with Crippen molar-refractivity contribution in [3.8, 4) is 11.1 Å². The van der Waals surface area contributed by atoms with Crippen LogP contribution in [0, 0.1) is 11.7 Å². The molecule has 1 aliphatic heterocycles. The Morgan fingerprint density at radius 3 is 2.74 bits per heavy atom. The van der Waals surface area contributed by atoms with Gasteiger partial charge in [0.1, 0.15) is 12.4 Å². The van der Waals surface area contributed by atoms with Crippen LogP contribution < -0.4 is 5.32 Å². The summed E-state index contributed by atoms with van der Waals surface area (Å²) in [5.41, 5.74) is 1.94. The Labute approximate surface area is 186 Å². The molecule has 0 aliphatic carbocycles. The minimum absolute atomic E-state index is 0.0140. The van der Waals surface area contributed by atoms with Crippen molar-refractivity contribution >= 4 is 29.4 Å². The number of likely N-dealkylation sites (tertiary alicyclic amines) is 1. The molecule has 2 aromatic carbocycles. The van der Waals surface area contributed by atoms with Gasteiger partial charge >= 0.3 is 12.1 Å². The van der Waals surface area contributed by atoms with Gasteiger partial charge in [-0.1, -0.05) is 35.9 Å². The second kappa shape index (κ2) is 10.1. The normalized spacial score (nSPS) is 20.3. The van der Waals surface area contributed by atoms with Gasteiger partial charge in [0.05, 0.1) is 37.5 Å². The van der Waals surface area contributed by atoms with Crippen molar-refractivity contribution < 1.29 is 27.9 Å². The Morgan fingerprint density at radius 1 is 1.23 bits per heavy atom. The van der Waals surface area contributed by atoms with Gasteiger partial charge in [0.2, 0.25) is 0 Å². The lowest BCUT2D eigenvalue weighted by atomic mass is 10.0. The SMILES string of the molecule is CCOC(=O)C[N+]1(C)CC[C@@H](COC(=O)Nc2ccccc2-c2ccc(F)c(Cl)c2)C1. The molecule has 1 heterocycles. The van der Waals surface area contributed by atoms with E-state index >= 15 is 0 Å². The highest BCUT2D eigenvalue weighted by molar-refractivity contribution is 6.31. The van der Waals surface area contributed by atoms with Crippen LogP contribution in [0.2, 0.25) is 5.02 Å². The average Bonchev–Trinajstić information content (AvgIpc) is 3.09. The highest BCUT2D eigenvalue weighted by atomic mass is 35.5. The van der Waals surface area contributed by atoms with Crippen molar-refractivity contribution in [1.82, 2.24) is 0 Å². The summed E-state index contributed by atoms with van der Waals surface area (Å²) >= 11 is 5.90. The summed E-state index contributed by atoms with van der Waals surface area (Å²) in [4.78, 5) is 24.2. The van der Waals surface area contributed by atoms with Crippen molar-refractivity contribution in [1.29, 1.82) is 0 Å². The lowest BCUT2D eigenvalue weighted by molar-refractivity contribution is -0.891. The molecule has 0 saturated carbocycles. The fourth-order valence-electron chi connectivity index (χ4n) is 3.95. The standard InChI is InChI=1S/C23H26ClFN2O4/c1-3-30-22(28)14-27(2)11-10-16(13-27)15-31-23(29)26-21-7-5-4-6-18(21)17-8-9-20(25)19(24)12-17/h4-9,12,16H,3,10-11,13-15H2,1-2H3/p+1/t16-,27?/m1/s1. The molecule has 2 atom stereocenters. The number of rotatable bonds is 7.